The molecule has 6 aromatic carbocycles. The molecule has 0 N–H and O–H groups in total. The van der Waals surface area contributed by atoms with Crippen LogP contribution in [0.3, 0.4) is 0 Å². The van der Waals surface area contributed by atoms with Crippen LogP contribution in [0.2, 0.25) is 0 Å². The van der Waals surface area contributed by atoms with Crippen LogP contribution in [0.25, 0.3) is 32.7 Å². The number of fused-ring (bicyclic) bond motifs is 2. The fourth-order valence-corrected chi connectivity index (χ4v) is 5.40. The third-order valence-corrected chi connectivity index (χ3v) is 7.62. The summed E-state index contributed by atoms with van der Waals surface area (Å²) < 4.78 is 22.2. The van der Waals surface area contributed by atoms with E-state index >= 15 is 0 Å². The maximum Gasteiger partial charge on any atom is 0.337 e. The summed E-state index contributed by atoms with van der Waals surface area (Å²) in [4.78, 5) is 23.8. The maximum atomic E-state index is 11.9. The van der Waals surface area contributed by atoms with Crippen molar-refractivity contribution >= 4 is 33.5 Å². The van der Waals surface area contributed by atoms with E-state index in [1.807, 2.05) is 24.3 Å². The zero-order valence-corrected chi connectivity index (χ0v) is 24.4. The van der Waals surface area contributed by atoms with Gasteiger partial charge in [-0.05, 0) is 92.3 Å². The van der Waals surface area contributed by atoms with Crippen LogP contribution in [0.1, 0.15) is 31.8 Å². The molecule has 6 rings (SSSR count). The minimum atomic E-state index is -0.390. The van der Waals surface area contributed by atoms with Gasteiger partial charge in [-0.15, -0.1) is 0 Å². The lowest BCUT2D eigenvalue weighted by Crippen LogP contribution is -2.04. The highest BCUT2D eigenvalue weighted by Gasteiger charge is 2.18. The molecule has 0 fully saturated rings. The topological polar surface area (TPSA) is 71.1 Å². The van der Waals surface area contributed by atoms with Crippen LogP contribution in [-0.4, -0.2) is 26.2 Å². The van der Waals surface area contributed by atoms with Crippen LogP contribution in [0.4, 0.5) is 0 Å². The lowest BCUT2D eigenvalue weighted by Gasteiger charge is -2.20. The molecule has 6 aromatic rings. The van der Waals surface area contributed by atoms with Crippen molar-refractivity contribution in [3.8, 4) is 22.6 Å². The largest absolute Gasteiger partial charge is 0.489 e. The zero-order valence-electron chi connectivity index (χ0n) is 24.4. The Morgan fingerprint density at radius 1 is 0.477 bits per heavy atom. The van der Waals surface area contributed by atoms with Crippen LogP contribution in [0.15, 0.2) is 121 Å². The fourth-order valence-electron chi connectivity index (χ4n) is 5.40. The number of hydrogen-bond donors (Lipinski definition) is 0. The number of carbonyl (C=O) groups is 2. The number of hydrogen-bond acceptors (Lipinski definition) is 6. The summed E-state index contributed by atoms with van der Waals surface area (Å²) in [5.74, 6) is 0.513. The van der Waals surface area contributed by atoms with E-state index in [1.54, 1.807) is 48.5 Å². The van der Waals surface area contributed by atoms with Gasteiger partial charge in [0.15, 0.2) is 0 Å². The van der Waals surface area contributed by atoms with E-state index in [0.29, 0.717) is 35.8 Å². The van der Waals surface area contributed by atoms with Gasteiger partial charge in [0.05, 0.1) is 25.3 Å². The molecule has 0 saturated heterocycles. The Bertz CT molecular complexity index is 1810. The van der Waals surface area contributed by atoms with Crippen LogP contribution < -0.4 is 9.47 Å². The van der Waals surface area contributed by atoms with Gasteiger partial charge >= 0.3 is 11.9 Å². The van der Waals surface area contributed by atoms with Crippen LogP contribution in [0.5, 0.6) is 11.5 Å². The highest BCUT2D eigenvalue weighted by Crippen LogP contribution is 2.40. The summed E-state index contributed by atoms with van der Waals surface area (Å²) >= 11 is 0. The Labute approximate surface area is 255 Å². The summed E-state index contributed by atoms with van der Waals surface area (Å²) in [5.41, 5.74) is 5.11. The molecular formula is C38H30O6. The van der Waals surface area contributed by atoms with Gasteiger partial charge in [0.25, 0.3) is 0 Å². The van der Waals surface area contributed by atoms with E-state index in [9.17, 15) is 9.59 Å². The minimum absolute atomic E-state index is 0.316. The van der Waals surface area contributed by atoms with Gasteiger partial charge < -0.3 is 18.9 Å². The van der Waals surface area contributed by atoms with E-state index in [2.05, 4.69) is 48.5 Å². The van der Waals surface area contributed by atoms with E-state index < -0.39 is 11.9 Å². The number of methoxy groups -OCH3 is 2. The average molecular weight is 583 g/mol. The molecule has 44 heavy (non-hydrogen) atoms. The zero-order chi connectivity index (χ0) is 30.5. The molecule has 0 amide bonds. The Hall–Kier alpha value is -5.62. The van der Waals surface area contributed by atoms with Crippen molar-refractivity contribution in [3.05, 3.63) is 144 Å². The average Bonchev–Trinajstić information content (AvgIpc) is 3.09. The van der Waals surface area contributed by atoms with Gasteiger partial charge in [-0.1, -0.05) is 72.8 Å². The molecule has 0 unspecified atom stereocenters. The van der Waals surface area contributed by atoms with Crippen molar-refractivity contribution in [2.24, 2.45) is 0 Å². The smallest absolute Gasteiger partial charge is 0.337 e. The first-order valence-electron chi connectivity index (χ1n) is 14.2. The lowest BCUT2D eigenvalue weighted by molar-refractivity contribution is 0.0591. The quantitative estimate of drug-likeness (QED) is 0.160. The van der Waals surface area contributed by atoms with Crippen LogP contribution in [-0.2, 0) is 22.7 Å². The van der Waals surface area contributed by atoms with E-state index in [-0.39, 0.29) is 0 Å². The van der Waals surface area contributed by atoms with Crippen molar-refractivity contribution in [3.63, 3.8) is 0 Å². The van der Waals surface area contributed by atoms with Crippen LogP contribution >= 0.6 is 0 Å². The number of rotatable bonds is 9. The molecule has 0 aliphatic heterocycles. The van der Waals surface area contributed by atoms with Crippen molar-refractivity contribution in [2.75, 3.05) is 14.2 Å². The third-order valence-electron chi connectivity index (χ3n) is 7.62. The molecule has 0 atom stereocenters. The Morgan fingerprint density at radius 3 is 1.25 bits per heavy atom. The minimum Gasteiger partial charge on any atom is -0.489 e. The summed E-state index contributed by atoms with van der Waals surface area (Å²) in [6.07, 6.45) is 0. The number of carbonyl (C=O) groups excluding carboxylic acids is 2. The molecule has 0 aromatic heterocycles. The van der Waals surface area contributed by atoms with Crippen molar-refractivity contribution in [2.45, 2.75) is 13.2 Å². The van der Waals surface area contributed by atoms with E-state index in [4.69, 9.17) is 18.9 Å². The van der Waals surface area contributed by atoms with Gasteiger partial charge in [0, 0.05) is 0 Å². The molecule has 6 nitrogen and oxygen atoms in total. The predicted octanol–water partition coefficient (Wildman–Crippen LogP) is 8.39. The Morgan fingerprint density at radius 2 is 0.864 bits per heavy atom. The van der Waals surface area contributed by atoms with Crippen molar-refractivity contribution in [1.29, 1.82) is 0 Å². The molecule has 0 aliphatic rings. The summed E-state index contributed by atoms with van der Waals surface area (Å²) in [7, 11) is 2.72. The first-order chi connectivity index (χ1) is 21.6. The fraction of sp³-hybridized carbons (Fsp3) is 0.105. The van der Waals surface area contributed by atoms with Gasteiger partial charge in [-0.2, -0.15) is 0 Å². The molecule has 0 bridgehead atoms. The monoisotopic (exact) mass is 582 g/mol. The van der Waals surface area contributed by atoms with Crippen molar-refractivity contribution < 1.29 is 28.5 Å². The van der Waals surface area contributed by atoms with Gasteiger partial charge in [-0.3, -0.25) is 0 Å². The molecule has 0 saturated carbocycles. The summed E-state index contributed by atoms with van der Waals surface area (Å²) in [6, 6.07) is 39.0. The number of benzene rings is 6. The Balaban J connectivity index is 1.41. The predicted molar refractivity (Wildman–Crippen MR) is 171 cm³/mol. The number of esters is 2. The highest BCUT2D eigenvalue weighted by molar-refractivity contribution is 6.07. The molecule has 0 radical (unpaired) electrons. The highest BCUT2D eigenvalue weighted by atomic mass is 16.5. The maximum absolute atomic E-state index is 11.9. The standard InChI is InChI=1S/C38H30O6/c1-41-37(39)27-15-19-31(20-16-27)43-23-29-13-11-25-7-3-5-9-33(25)35(29)36-30(14-12-26-8-4-6-10-34(26)36)24-44-32-21-17-28(18-22-32)38(40)42-2/h3-22H,23-24H2,1-2H3. The second kappa shape index (κ2) is 12.7. The molecule has 0 spiro atoms. The molecule has 0 heterocycles. The van der Waals surface area contributed by atoms with Gasteiger partial charge in [0.2, 0.25) is 0 Å². The van der Waals surface area contributed by atoms with Crippen molar-refractivity contribution in [1.82, 2.24) is 0 Å². The molecule has 6 heteroatoms. The normalized spacial score (nSPS) is 10.9. The second-order valence-corrected chi connectivity index (χ2v) is 10.3. The van der Waals surface area contributed by atoms with Gasteiger partial charge in [-0.25, -0.2) is 9.59 Å². The molecule has 0 aliphatic carbocycles. The SMILES string of the molecule is COC(=O)c1ccc(OCc2ccc3ccccc3c2-c2c(COc3ccc(C(=O)OC)cc3)ccc3ccccc23)cc1. The first kappa shape index (κ1) is 28.5. The second-order valence-electron chi connectivity index (χ2n) is 10.3. The van der Waals surface area contributed by atoms with Crippen LogP contribution in [0, 0.1) is 0 Å². The molecular weight excluding hydrogens is 552 g/mol. The third kappa shape index (κ3) is 5.83. The number of ether oxygens (including phenoxy) is 4. The van der Waals surface area contributed by atoms with E-state index in [1.165, 1.54) is 14.2 Å². The summed E-state index contributed by atoms with van der Waals surface area (Å²) in [5, 5.41) is 4.45. The first-order valence-corrected chi connectivity index (χ1v) is 14.2. The van der Waals surface area contributed by atoms with E-state index in [0.717, 1.165) is 43.8 Å². The lowest BCUT2D eigenvalue weighted by atomic mass is 9.87. The summed E-state index contributed by atoms with van der Waals surface area (Å²) in [6.45, 7) is 0.631. The van der Waals surface area contributed by atoms with Gasteiger partial charge in [0.1, 0.15) is 24.7 Å². The Kier molecular flexibility index (Phi) is 8.23. The molecule has 218 valence electrons.